The molecular formula is C19H38BFN2O6P2. The first-order valence-corrected chi connectivity index (χ1v) is 13.8. The predicted molar refractivity (Wildman–Crippen MR) is 122 cm³/mol. The molecule has 8 nitrogen and oxygen atoms in total. The van der Waals surface area contributed by atoms with Crippen LogP contribution >= 0.6 is 16.1 Å². The lowest BCUT2D eigenvalue weighted by Gasteiger charge is -2.37. The molecule has 31 heavy (non-hydrogen) atoms. The molecule has 0 amide bonds. The second-order valence-corrected chi connectivity index (χ2v) is 11.5. The fraction of sp³-hybridized carbons (Fsp3) is 0.947. The molecule has 2 unspecified atom stereocenters. The van der Waals surface area contributed by atoms with Crippen molar-refractivity contribution in [3.8, 4) is 6.07 Å². The molecule has 1 aliphatic heterocycles. The third-order valence-electron chi connectivity index (χ3n) is 4.73. The predicted octanol–water partition coefficient (Wildman–Crippen LogP) is 4.35. The lowest BCUT2D eigenvalue weighted by Crippen LogP contribution is -2.36. The van der Waals surface area contributed by atoms with Crippen molar-refractivity contribution in [2.24, 2.45) is 0 Å². The molecule has 0 aromatic heterocycles. The smallest absolute Gasteiger partial charge is 0.364 e. The highest BCUT2D eigenvalue weighted by atomic mass is 31.2. The summed E-state index contributed by atoms with van der Waals surface area (Å²) < 4.78 is 58.1. The van der Waals surface area contributed by atoms with E-state index < -0.39 is 28.1 Å². The van der Waals surface area contributed by atoms with Crippen LogP contribution in [0.1, 0.15) is 60.8 Å². The van der Waals surface area contributed by atoms with Gasteiger partial charge in [-0.2, -0.15) is 5.26 Å². The summed E-state index contributed by atoms with van der Waals surface area (Å²) in [6.07, 6.45) is -0.133. The van der Waals surface area contributed by atoms with Gasteiger partial charge in [0.05, 0.1) is 50.5 Å². The van der Waals surface area contributed by atoms with Crippen LogP contribution in [-0.2, 0) is 27.4 Å². The van der Waals surface area contributed by atoms with Crippen LogP contribution in [0.5, 0.6) is 0 Å². The van der Waals surface area contributed by atoms with Gasteiger partial charge in [-0.15, -0.1) is 0 Å². The summed E-state index contributed by atoms with van der Waals surface area (Å²) in [7, 11) is -3.38. The molecule has 12 heteroatoms. The van der Waals surface area contributed by atoms with Crippen LogP contribution in [0.25, 0.3) is 0 Å². The van der Waals surface area contributed by atoms with E-state index in [1.54, 1.807) is 13.8 Å². The van der Waals surface area contributed by atoms with Gasteiger partial charge in [0.15, 0.2) is 0 Å². The van der Waals surface area contributed by atoms with E-state index in [1.807, 2.05) is 7.85 Å². The van der Waals surface area contributed by atoms with Crippen LogP contribution in [0.2, 0.25) is 0 Å². The fourth-order valence-electron chi connectivity index (χ4n) is 3.49. The number of hydrogen-bond donors (Lipinski definition) is 0. The minimum Gasteiger partial charge on any atom is -0.381 e. The Labute approximate surface area is 189 Å². The summed E-state index contributed by atoms with van der Waals surface area (Å²) in [6, 6.07) is 2.17. The van der Waals surface area contributed by atoms with Gasteiger partial charge in [0.25, 0.3) is 8.53 Å². The molecule has 0 N–H and O–H groups in total. The quantitative estimate of drug-likeness (QED) is 0.193. The van der Waals surface area contributed by atoms with Gasteiger partial charge >= 0.3 is 7.60 Å². The van der Waals surface area contributed by atoms with Crippen LogP contribution in [0.15, 0.2) is 0 Å². The zero-order valence-corrected chi connectivity index (χ0v) is 21.6. The summed E-state index contributed by atoms with van der Waals surface area (Å²) >= 11 is 0. The molecule has 1 rings (SSSR count). The van der Waals surface area contributed by atoms with Crippen LogP contribution in [-0.4, -0.2) is 68.5 Å². The Morgan fingerprint density at radius 2 is 1.84 bits per heavy atom. The molecule has 0 spiro atoms. The molecular weight excluding hydrogens is 444 g/mol. The van der Waals surface area contributed by atoms with Gasteiger partial charge in [-0.3, -0.25) is 4.57 Å². The molecule has 0 bridgehead atoms. The monoisotopic (exact) mass is 482 g/mol. The van der Waals surface area contributed by atoms with Gasteiger partial charge in [-0.1, -0.05) is 0 Å². The normalized spacial score (nSPS) is 24.1. The Bertz CT molecular complexity index is 594. The minimum absolute atomic E-state index is 0.0905. The van der Waals surface area contributed by atoms with E-state index in [4.69, 9.17) is 28.1 Å². The fourth-order valence-corrected chi connectivity index (χ4v) is 6.90. The topological polar surface area (TPSA) is 90.3 Å². The van der Waals surface area contributed by atoms with Crippen LogP contribution < -0.4 is 0 Å². The molecule has 0 aromatic rings. The number of nitrogens with zero attached hydrogens (tertiary/aromatic N) is 2. The number of ether oxygens (including phenoxy) is 1. The lowest BCUT2D eigenvalue weighted by atomic mass is 9.94. The van der Waals surface area contributed by atoms with E-state index in [-0.39, 0.29) is 56.9 Å². The second-order valence-electron chi connectivity index (χ2n) is 7.94. The number of halogens is 1. The molecule has 0 radical (unpaired) electrons. The van der Waals surface area contributed by atoms with Gasteiger partial charge in [-0.05, 0) is 41.5 Å². The van der Waals surface area contributed by atoms with Crippen LogP contribution in [0.3, 0.4) is 0 Å². The van der Waals surface area contributed by atoms with Crippen molar-refractivity contribution < 1.29 is 31.8 Å². The average molecular weight is 482 g/mol. The summed E-state index contributed by atoms with van der Waals surface area (Å²) in [4.78, 5) is 0. The van der Waals surface area contributed by atoms with Crippen molar-refractivity contribution in [2.75, 3.05) is 19.8 Å². The first kappa shape index (κ1) is 28.9. The van der Waals surface area contributed by atoms with E-state index in [1.165, 1.54) is 0 Å². The maximum Gasteiger partial charge on any atom is 0.364 e. The summed E-state index contributed by atoms with van der Waals surface area (Å²) in [6.45, 7) is 12.1. The van der Waals surface area contributed by atoms with Crippen molar-refractivity contribution in [3.63, 3.8) is 0 Å². The molecule has 0 saturated carbocycles. The molecule has 1 heterocycles. The highest BCUT2D eigenvalue weighted by Gasteiger charge is 2.43. The van der Waals surface area contributed by atoms with Gasteiger partial charge in [0.1, 0.15) is 7.85 Å². The van der Waals surface area contributed by atoms with Crippen molar-refractivity contribution in [2.45, 2.75) is 97.0 Å². The number of rotatable bonds is 15. The summed E-state index contributed by atoms with van der Waals surface area (Å²) in [5, 5.41) is 8.85. The van der Waals surface area contributed by atoms with Gasteiger partial charge in [0, 0.05) is 24.9 Å². The van der Waals surface area contributed by atoms with Crippen molar-refractivity contribution >= 4 is 24.0 Å². The van der Waals surface area contributed by atoms with Gasteiger partial charge < -0.3 is 22.8 Å². The van der Waals surface area contributed by atoms with E-state index in [2.05, 4.69) is 38.4 Å². The summed E-state index contributed by atoms with van der Waals surface area (Å²) in [5.41, 5.74) is 0. The van der Waals surface area contributed by atoms with E-state index in [0.29, 0.717) is 6.42 Å². The Kier molecular flexibility index (Phi) is 13.3. The number of hydrogen-bond acceptors (Lipinski definition) is 8. The van der Waals surface area contributed by atoms with Crippen molar-refractivity contribution in [3.05, 3.63) is 0 Å². The Balaban J connectivity index is 2.83. The van der Waals surface area contributed by atoms with Gasteiger partial charge in [-0.25, -0.2) is 9.06 Å². The van der Waals surface area contributed by atoms with E-state index >= 15 is 0 Å². The molecule has 0 aliphatic carbocycles. The highest BCUT2D eigenvalue weighted by Crippen LogP contribution is 2.56. The first-order valence-electron chi connectivity index (χ1n) is 11.0. The molecule has 180 valence electrons. The molecule has 1 aliphatic rings. The number of nitriles is 1. The third kappa shape index (κ3) is 8.99. The average Bonchev–Trinajstić information content (AvgIpc) is 3.00. The molecule has 1 saturated heterocycles. The zero-order chi connectivity index (χ0) is 23.6. The molecule has 5 atom stereocenters. The maximum atomic E-state index is 14.8. The highest BCUT2D eigenvalue weighted by molar-refractivity contribution is 7.54. The van der Waals surface area contributed by atoms with Crippen LogP contribution in [0.4, 0.5) is 4.39 Å². The number of alkyl halides is 1. The summed E-state index contributed by atoms with van der Waals surface area (Å²) in [5.74, 6) is -1.76. The third-order valence-corrected chi connectivity index (χ3v) is 9.02. The van der Waals surface area contributed by atoms with E-state index in [0.717, 1.165) is 0 Å². The zero-order valence-electron chi connectivity index (χ0n) is 19.8. The van der Waals surface area contributed by atoms with Crippen molar-refractivity contribution in [1.82, 2.24) is 4.67 Å². The standard InChI is InChI=1S/C19H38BFN2O6P2/c1-7-26-31(24,27-8-2)18(21)13-16-12-17(19(20)28-16)29-30(25-11-9-10-22)23(14(3)4)15(5)6/h14-19H,7-9,11-13,20H2,1-6H3/t16-,17-,18?,19+,30?/m0/s1. The minimum atomic E-state index is -3.84. The van der Waals surface area contributed by atoms with Gasteiger partial charge in [0.2, 0.25) is 5.91 Å². The molecule has 1 fully saturated rings. The van der Waals surface area contributed by atoms with Crippen molar-refractivity contribution in [1.29, 1.82) is 5.26 Å². The Morgan fingerprint density at radius 1 is 1.26 bits per heavy atom. The Morgan fingerprint density at radius 3 is 2.32 bits per heavy atom. The Hall–Kier alpha value is -0.0951. The first-order chi connectivity index (χ1) is 14.6. The largest absolute Gasteiger partial charge is 0.381 e. The lowest BCUT2D eigenvalue weighted by molar-refractivity contribution is 0.0475. The maximum absolute atomic E-state index is 14.8. The molecule has 0 aromatic carbocycles. The second kappa shape index (κ2) is 14.2. The van der Waals surface area contributed by atoms with Crippen LogP contribution in [0, 0.1) is 11.3 Å². The SMILES string of the molecule is B[C@@H]1O[C@H](CC(F)P(=O)(OCC)OCC)C[C@@H]1OP(OCCC#N)N(C(C)C)C(C)C. The van der Waals surface area contributed by atoms with E-state index in [9.17, 15) is 8.96 Å².